The van der Waals surface area contributed by atoms with Gasteiger partial charge in [0.1, 0.15) is 0 Å². The lowest BCUT2D eigenvalue weighted by molar-refractivity contribution is 0.179. The lowest BCUT2D eigenvalue weighted by Crippen LogP contribution is -2.43. The van der Waals surface area contributed by atoms with Crippen molar-refractivity contribution >= 4 is 0 Å². The van der Waals surface area contributed by atoms with Gasteiger partial charge in [0.15, 0.2) is 0 Å². The summed E-state index contributed by atoms with van der Waals surface area (Å²) in [5, 5.41) is 3.72. The second-order valence-corrected chi connectivity index (χ2v) is 6.30. The summed E-state index contributed by atoms with van der Waals surface area (Å²) in [5.41, 5.74) is 0. The van der Waals surface area contributed by atoms with E-state index in [0.717, 1.165) is 11.8 Å². The molecule has 0 saturated carbocycles. The third kappa shape index (κ3) is 6.42. The molecule has 0 aliphatic carbocycles. The number of rotatable bonds is 7. The van der Waals surface area contributed by atoms with Gasteiger partial charge in [0, 0.05) is 12.6 Å². The largest absolute Gasteiger partial charge is 0.314 e. The first kappa shape index (κ1) is 15.0. The van der Waals surface area contributed by atoms with Crippen molar-refractivity contribution in [3.8, 4) is 0 Å². The molecule has 17 heavy (non-hydrogen) atoms. The van der Waals surface area contributed by atoms with Gasteiger partial charge >= 0.3 is 0 Å². The van der Waals surface area contributed by atoms with Gasteiger partial charge in [-0.25, -0.2) is 0 Å². The van der Waals surface area contributed by atoms with Crippen LogP contribution in [0.5, 0.6) is 0 Å². The maximum atomic E-state index is 3.72. The molecule has 1 fully saturated rings. The van der Waals surface area contributed by atoms with Gasteiger partial charge < -0.3 is 10.2 Å². The Hall–Kier alpha value is -0.0800. The summed E-state index contributed by atoms with van der Waals surface area (Å²) in [6.07, 6.45) is 6.88. The minimum absolute atomic E-state index is 0.691. The van der Waals surface area contributed by atoms with E-state index in [9.17, 15) is 0 Å². The minimum atomic E-state index is 0.691. The van der Waals surface area contributed by atoms with E-state index in [0.29, 0.717) is 6.04 Å². The van der Waals surface area contributed by atoms with Crippen molar-refractivity contribution < 1.29 is 0 Å². The van der Waals surface area contributed by atoms with Crippen LogP contribution >= 0.6 is 0 Å². The van der Waals surface area contributed by atoms with Crippen LogP contribution in [0.1, 0.15) is 52.9 Å². The normalized spacial score (nSPS) is 24.2. The van der Waals surface area contributed by atoms with Crippen molar-refractivity contribution in [2.24, 2.45) is 11.8 Å². The zero-order valence-electron chi connectivity index (χ0n) is 12.3. The van der Waals surface area contributed by atoms with Crippen molar-refractivity contribution in [1.29, 1.82) is 0 Å². The second kappa shape index (κ2) is 8.10. The van der Waals surface area contributed by atoms with Crippen LogP contribution < -0.4 is 5.32 Å². The van der Waals surface area contributed by atoms with Crippen LogP contribution in [0.25, 0.3) is 0 Å². The van der Waals surface area contributed by atoms with Crippen LogP contribution in [0.4, 0.5) is 0 Å². The number of hydrogen-bond donors (Lipinski definition) is 1. The van der Waals surface area contributed by atoms with Gasteiger partial charge in [-0.05, 0) is 58.2 Å². The minimum Gasteiger partial charge on any atom is -0.314 e. The van der Waals surface area contributed by atoms with E-state index in [-0.39, 0.29) is 0 Å². The van der Waals surface area contributed by atoms with Crippen molar-refractivity contribution in [3.05, 3.63) is 0 Å². The SMILES string of the molecule is CC(C)CCCCNC(C)C1CCCN(C)C1. The Morgan fingerprint density at radius 2 is 2.00 bits per heavy atom. The molecule has 1 aliphatic rings. The average Bonchev–Trinajstić information content (AvgIpc) is 2.28. The average molecular weight is 240 g/mol. The van der Waals surface area contributed by atoms with Gasteiger partial charge in [-0.2, -0.15) is 0 Å². The Balaban J connectivity index is 2.05. The number of likely N-dealkylation sites (tertiary alicyclic amines) is 1. The number of nitrogens with one attached hydrogen (secondary N) is 1. The Morgan fingerprint density at radius 3 is 2.65 bits per heavy atom. The number of unbranched alkanes of at least 4 members (excludes halogenated alkanes) is 1. The monoisotopic (exact) mass is 240 g/mol. The number of nitrogens with zero attached hydrogens (tertiary/aromatic N) is 1. The maximum absolute atomic E-state index is 3.72. The molecule has 0 aromatic rings. The first-order valence-corrected chi connectivity index (χ1v) is 7.51. The van der Waals surface area contributed by atoms with Gasteiger partial charge in [0.05, 0.1) is 0 Å². The van der Waals surface area contributed by atoms with Gasteiger partial charge in [-0.15, -0.1) is 0 Å². The molecular weight excluding hydrogens is 208 g/mol. The molecule has 1 N–H and O–H groups in total. The summed E-state index contributed by atoms with van der Waals surface area (Å²) >= 11 is 0. The van der Waals surface area contributed by atoms with Crippen molar-refractivity contribution in [3.63, 3.8) is 0 Å². The smallest absolute Gasteiger partial charge is 0.00792 e. The van der Waals surface area contributed by atoms with E-state index < -0.39 is 0 Å². The molecule has 0 radical (unpaired) electrons. The van der Waals surface area contributed by atoms with E-state index >= 15 is 0 Å². The highest BCUT2D eigenvalue weighted by Gasteiger charge is 2.21. The predicted molar refractivity (Wildman–Crippen MR) is 76.4 cm³/mol. The Morgan fingerprint density at radius 1 is 1.24 bits per heavy atom. The fraction of sp³-hybridized carbons (Fsp3) is 1.00. The molecule has 1 aliphatic heterocycles. The molecule has 0 spiro atoms. The molecule has 2 atom stereocenters. The van der Waals surface area contributed by atoms with E-state index in [4.69, 9.17) is 0 Å². The van der Waals surface area contributed by atoms with Gasteiger partial charge in [-0.1, -0.05) is 26.7 Å². The molecule has 102 valence electrons. The molecule has 0 bridgehead atoms. The van der Waals surface area contributed by atoms with Crippen LogP contribution in [0.3, 0.4) is 0 Å². The Labute approximate surface area is 108 Å². The highest BCUT2D eigenvalue weighted by Crippen LogP contribution is 2.18. The topological polar surface area (TPSA) is 15.3 Å². The van der Waals surface area contributed by atoms with Crippen molar-refractivity contribution in [2.45, 2.75) is 58.9 Å². The van der Waals surface area contributed by atoms with Crippen LogP contribution in [0.2, 0.25) is 0 Å². The first-order chi connectivity index (χ1) is 8.09. The molecule has 0 aromatic heterocycles. The fourth-order valence-corrected chi connectivity index (χ4v) is 2.79. The molecule has 0 amide bonds. The standard InChI is InChI=1S/C15H32N2/c1-13(2)8-5-6-10-16-14(3)15-9-7-11-17(4)12-15/h13-16H,5-12H2,1-4H3. The van der Waals surface area contributed by atoms with Crippen molar-refractivity contribution in [1.82, 2.24) is 10.2 Å². The quantitative estimate of drug-likeness (QED) is 0.688. The van der Waals surface area contributed by atoms with Crippen LogP contribution in [0.15, 0.2) is 0 Å². The molecule has 1 heterocycles. The Kier molecular flexibility index (Phi) is 7.14. The molecule has 2 heteroatoms. The van der Waals surface area contributed by atoms with Crippen molar-refractivity contribution in [2.75, 3.05) is 26.7 Å². The second-order valence-electron chi connectivity index (χ2n) is 6.30. The summed E-state index contributed by atoms with van der Waals surface area (Å²) in [6.45, 7) is 10.8. The molecule has 2 nitrogen and oxygen atoms in total. The third-order valence-corrected chi connectivity index (χ3v) is 4.04. The molecule has 1 saturated heterocycles. The lowest BCUT2D eigenvalue weighted by atomic mass is 9.92. The van der Waals surface area contributed by atoms with E-state index in [1.165, 1.54) is 51.7 Å². The van der Waals surface area contributed by atoms with E-state index in [2.05, 4.69) is 38.0 Å². The highest BCUT2D eigenvalue weighted by atomic mass is 15.1. The van der Waals surface area contributed by atoms with Crippen LogP contribution in [-0.4, -0.2) is 37.6 Å². The molecule has 1 rings (SSSR count). The number of hydrogen-bond acceptors (Lipinski definition) is 2. The van der Waals surface area contributed by atoms with E-state index in [1.54, 1.807) is 0 Å². The zero-order valence-corrected chi connectivity index (χ0v) is 12.3. The number of piperidine rings is 1. The molecular formula is C15H32N2. The summed E-state index contributed by atoms with van der Waals surface area (Å²) in [7, 11) is 2.25. The van der Waals surface area contributed by atoms with E-state index in [1.807, 2.05) is 0 Å². The first-order valence-electron chi connectivity index (χ1n) is 7.51. The van der Waals surface area contributed by atoms with Gasteiger partial charge in [0.2, 0.25) is 0 Å². The van der Waals surface area contributed by atoms with Gasteiger partial charge in [0.25, 0.3) is 0 Å². The highest BCUT2D eigenvalue weighted by molar-refractivity contribution is 4.78. The van der Waals surface area contributed by atoms with Crippen LogP contribution in [-0.2, 0) is 0 Å². The molecule has 2 unspecified atom stereocenters. The van der Waals surface area contributed by atoms with Crippen LogP contribution in [0, 0.1) is 11.8 Å². The summed E-state index contributed by atoms with van der Waals surface area (Å²) in [6, 6.07) is 0.691. The maximum Gasteiger partial charge on any atom is 0.00792 e. The third-order valence-electron chi connectivity index (χ3n) is 4.04. The summed E-state index contributed by atoms with van der Waals surface area (Å²) in [4.78, 5) is 2.48. The predicted octanol–water partition coefficient (Wildman–Crippen LogP) is 3.13. The summed E-state index contributed by atoms with van der Waals surface area (Å²) in [5.74, 6) is 1.72. The zero-order chi connectivity index (χ0) is 12.7. The fourth-order valence-electron chi connectivity index (χ4n) is 2.79. The molecule has 0 aromatic carbocycles. The van der Waals surface area contributed by atoms with Gasteiger partial charge in [-0.3, -0.25) is 0 Å². The lowest BCUT2D eigenvalue weighted by Gasteiger charge is -2.34. The summed E-state index contributed by atoms with van der Waals surface area (Å²) < 4.78 is 0. The Bertz CT molecular complexity index is 191.